The van der Waals surface area contributed by atoms with E-state index in [1.165, 1.54) is 7.11 Å². The summed E-state index contributed by atoms with van der Waals surface area (Å²) >= 11 is 0. The number of amides is 1. The van der Waals surface area contributed by atoms with Crippen molar-refractivity contribution >= 4 is 11.6 Å². The predicted molar refractivity (Wildman–Crippen MR) is 63.2 cm³/mol. The van der Waals surface area contributed by atoms with Gasteiger partial charge in [0.15, 0.2) is 0 Å². The fourth-order valence-electron chi connectivity index (χ4n) is 1.45. The zero-order valence-electron chi connectivity index (χ0n) is 10.2. The highest BCUT2D eigenvalue weighted by Gasteiger charge is 2.08. The van der Waals surface area contributed by atoms with Crippen molar-refractivity contribution in [1.29, 1.82) is 0 Å². The van der Waals surface area contributed by atoms with Gasteiger partial charge < -0.3 is 14.6 Å². The molecular weight excluding hydrogens is 236 g/mol. The van der Waals surface area contributed by atoms with Gasteiger partial charge >= 0.3 is 0 Å². The molecule has 0 fully saturated rings. The van der Waals surface area contributed by atoms with Crippen LogP contribution in [0, 0.1) is 0 Å². The molecule has 0 atom stereocenters. The number of anilines is 1. The molecule has 0 aromatic carbocycles. The Morgan fingerprint density at radius 1 is 1.61 bits per heavy atom. The maximum atomic E-state index is 11.6. The standard InChI is InChI=1S/C11H14N4O3/c1-15-7-8(6-12-15)13-10(16)4-3-9-5-11(17-2)14-18-9/h5-7H,3-4H2,1-2H3,(H,13,16). The normalized spacial score (nSPS) is 10.3. The van der Waals surface area contributed by atoms with Gasteiger partial charge in [0.2, 0.25) is 5.91 Å². The first kappa shape index (κ1) is 12.2. The van der Waals surface area contributed by atoms with Crippen LogP contribution in [0.25, 0.3) is 0 Å². The number of aryl methyl sites for hydroxylation is 2. The van der Waals surface area contributed by atoms with E-state index in [9.17, 15) is 4.79 Å². The monoisotopic (exact) mass is 250 g/mol. The van der Waals surface area contributed by atoms with Crippen LogP contribution in [0.5, 0.6) is 5.88 Å². The second-order valence-electron chi connectivity index (χ2n) is 3.79. The van der Waals surface area contributed by atoms with Crippen molar-refractivity contribution in [3.8, 4) is 5.88 Å². The summed E-state index contributed by atoms with van der Waals surface area (Å²) in [6, 6.07) is 1.66. The van der Waals surface area contributed by atoms with Crippen molar-refractivity contribution in [1.82, 2.24) is 14.9 Å². The maximum Gasteiger partial charge on any atom is 0.254 e. The number of hydrogen-bond donors (Lipinski definition) is 1. The largest absolute Gasteiger partial charge is 0.479 e. The molecule has 1 N–H and O–H groups in total. The van der Waals surface area contributed by atoms with Gasteiger partial charge in [-0.25, -0.2) is 0 Å². The number of methoxy groups -OCH3 is 1. The molecule has 1 amide bonds. The highest BCUT2D eigenvalue weighted by Crippen LogP contribution is 2.12. The smallest absolute Gasteiger partial charge is 0.254 e. The van der Waals surface area contributed by atoms with E-state index < -0.39 is 0 Å². The minimum Gasteiger partial charge on any atom is -0.479 e. The molecule has 0 spiro atoms. The Morgan fingerprint density at radius 3 is 3.06 bits per heavy atom. The first-order chi connectivity index (χ1) is 8.67. The average Bonchev–Trinajstić information content (AvgIpc) is 2.95. The summed E-state index contributed by atoms with van der Waals surface area (Å²) in [4.78, 5) is 11.6. The maximum absolute atomic E-state index is 11.6. The third kappa shape index (κ3) is 3.09. The van der Waals surface area contributed by atoms with Crippen LogP contribution >= 0.6 is 0 Å². The lowest BCUT2D eigenvalue weighted by Crippen LogP contribution is -2.11. The predicted octanol–water partition coefficient (Wildman–Crippen LogP) is 0.988. The lowest BCUT2D eigenvalue weighted by atomic mass is 10.2. The van der Waals surface area contributed by atoms with Crippen LogP contribution in [0.4, 0.5) is 5.69 Å². The summed E-state index contributed by atoms with van der Waals surface area (Å²) < 4.78 is 11.5. The van der Waals surface area contributed by atoms with E-state index in [4.69, 9.17) is 9.26 Å². The minimum atomic E-state index is -0.0987. The van der Waals surface area contributed by atoms with Gasteiger partial charge in [-0.15, -0.1) is 0 Å². The van der Waals surface area contributed by atoms with Crippen LogP contribution in [0.2, 0.25) is 0 Å². The van der Waals surface area contributed by atoms with Crippen molar-refractivity contribution in [3.05, 3.63) is 24.2 Å². The SMILES string of the molecule is COc1cc(CCC(=O)Nc2cnn(C)c2)on1. The van der Waals surface area contributed by atoms with E-state index in [0.717, 1.165) is 0 Å². The highest BCUT2D eigenvalue weighted by atomic mass is 16.5. The van der Waals surface area contributed by atoms with Crippen LogP contribution in [0.15, 0.2) is 23.0 Å². The Labute approximate surface area is 104 Å². The van der Waals surface area contributed by atoms with Crippen LogP contribution in [0.3, 0.4) is 0 Å². The Hall–Kier alpha value is -2.31. The Bertz CT molecular complexity index is 532. The minimum absolute atomic E-state index is 0.0987. The molecule has 2 rings (SSSR count). The number of nitrogens with zero attached hydrogens (tertiary/aromatic N) is 3. The molecule has 2 aromatic rings. The number of ether oxygens (including phenoxy) is 1. The van der Waals surface area contributed by atoms with Crippen molar-refractivity contribution in [2.24, 2.45) is 7.05 Å². The third-order valence-corrected chi connectivity index (χ3v) is 2.33. The van der Waals surface area contributed by atoms with E-state index in [1.54, 1.807) is 30.2 Å². The van der Waals surface area contributed by atoms with Gasteiger partial charge in [0, 0.05) is 32.2 Å². The van der Waals surface area contributed by atoms with Gasteiger partial charge in [0.25, 0.3) is 5.88 Å². The van der Waals surface area contributed by atoms with Crippen LogP contribution in [-0.2, 0) is 18.3 Å². The second kappa shape index (κ2) is 5.35. The number of rotatable bonds is 5. The number of nitrogens with one attached hydrogen (secondary N) is 1. The summed E-state index contributed by atoms with van der Waals surface area (Å²) in [5.74, 6) is 0.934. The van der Waals surface area contributed by atoms with Gasteiger partial charge in [-0.1, -0.05) is 0 Å². The van der Waals surface area contributed by atoms with Gasteiger partial charge in [-0.2, -0.15) is 5.10 Å². The molecule has 0 bridgehead atoms. The molecule has 96 valence electrons. The summed E-state index contributed by atoms with van der Waals surface area (Å²) in [6.07, 6.45) is 4.11. The second-order valence-corrected chi connectivity index (χ2v) is 3.79. The molecule has 0 radical (unpaired) electrons. The molecule has 7 nitrogen and oxygen atoms in total. The van der Waals surface area contributed by atoms with Crippen molar-refractivity contribution < 1.29 is 14.1 Å². The van der Waals surface area contributed by atoms with Crippen molar-refractivity contribution in [2.45, 2.75) is 12.8 Å². The number of carbonyl (C=O) groups excluding carboxylic acids is 1. The topological polar surface area (TPSA) is 82.2 Å². The Kier molecular flexibility index (Phi) is 3.61. The summed E-state index contributed by atoms with van der Waals surface area (Å²) in [6.45, 7) is 0. The average molecular weight is 250 g/mol. The van der Waals surface area contributed by atoms with E-state index >= 15 is 0 Å². The lowest BCUT2D eigenvalue weighted by molar-refractivity contribution is -0.116. The Morgan fingerprint density at radius 2 is 2.44 bits per heavy atom. The van der Waals surface area contributed by atoms with Crippen molar-refractivity contribution in [3.63, 3.8) is 0 Å². The summed E-state index contributed by atoms with van der Waals surface area (Å²) in [5, 5.41) is 10.4. The van der Waals surface area contributed by atoms with E-state index in [2.05, 4.69) is 15.6 Å². The fourth-order valence-corrected chi connectivity index (χ4v) is 1.45. The van der Waals surface area contributed by atoms with Gasteiger partial charge in [-0.05, 0) is 5.16 Å². The summed E-state index contributed by atoms with van der Waals surface area (Å²) in [5.41, 5.74) is 0.678. The molecule has 0 aliphatic rings. The molecular formula is C11H14N4O3. The quantitative estimate of drug-likeness (QED) is 0.855. The van der Waals surface area contributed by atoms with E-state index in [1.807, 2.05) is 0 Å². The number of hydrogen-bond acceptors (Lipinski definition) is 5. The fraction of sp³-hybridized carbons (Fsp3) is 0.364. The van der Waals surface area contributed by atoms with Gasteiger partial charge in [0.1, 0.15) is 5.76 Å². The number of carbonyl (C=O) groups is 1. The molecule has 0 aliphatic heterocycles. The first-order valence-corrected chi connectivity index (χ1v) is 5.45. The van der Waals surface area contributed by atoms with E-state index in [0.29, 0.717) is 30.2 Å². The lowest BCUT2D eigenvalue weighted by Gasteiger charge is -1.99. The molecule has 0 unspecified atom stereocenters. The molecule has 0 aliphatic carbocycles. The van der Waals surface area contributed by atoms with Crippen LogP contribution in [0.1, 0.15) is 12.2 Å². The highest BCUT2D eigenvalue weighted by molar-refractivity contribution is 5.90. The molecule has 7 heteroatoms. The molecule has 18 heavy (non-hydrogen) atoms. The number of aromatic nitrogens is 3. The third-order valence-electron chi connectivity index (χ3n) is 2.33. The molecule has 0 saturated carbocycles. The zero-order valence-corrected chi connectivity index (χ0v) is 10.2. The van der Waals surface area contributed by atoms with E-state index in [-0.39, 0.29) is 5.91 Å². The molecule has 2 heterocycles. The Balaban J connectivity index is 1.81. The van der Waals surface area contributed by atoms with Gasteiger partial charge in [-0.3, -0.25) is 9.48 Å². The molecule has 0 saturated heterocycles. The molecule has 2 aromatic heterocycles. The van der Waals surface area contributed by atoms with Gasteiger partial charge in [0.05, 0.1) is 19.0 Å². The first-order valence-electron chi connectivity index (χ1n) is 5.45. The zero-order chi connectivity index (χ0) is 13.0. The van der Waals surface area contributed by atoms with Crippen LogP contribution in [-0.4, -0.2) is 28.0 Å². The summed E-state index contributed by atoms with van der Waals surface area (Å²) in [7, 11) is 3.30. The van der Waals surface area contributed by atoms with Crippen LogP contribution < -0.4 is 10.1 Å². The van der Waals surface area contributed by atoms with Crippen molar-refractivity contribution in [2.75, 3.05) is 12.4 Å².